The number of likely N-dealkylation sites (N-methyl/N-ethyl adjacent to an activating group) is 1. The smallest absolute Gasteiger partial charge is 0.251 e. The summed E-state index contributed by atoms with van der Waals surface area (Å²) in [5.41, 5.74) is 0.540. The first kappa shape index (κ1) is 23.3. The number of nitrogens with zero attached hydrogens (tertiary/aromatic N) is 1. The highest BCUT2D eigenvalue weighted by molar-refractivity contribution is 6.42. The van der Waals surface area contributed by atoms with Gasteiger partial charge >= 0.3 is 0 Å². The first-order valence-corrected chi connectivity index (χ1v) is 9.99. The summed E-state index contributed by atoms with van der Waals surface area (Å²) in [6, 6.07) is 9.21. The first-order valence-electron chi connectivity index (χ1n) is 8.47. The molecule has 2 rings (SSSR count). The lowest BCUT2D eigenvalue weighted by molar-refractivity contribution is -0.133. The zero-order valence-corrected chi connectivity index (χ0v) is 18.3. The molecule has 0 aromatic heterocycles. The average Bonchev–Trinajstić information content (AvgIpc) is 2.69. The van der Waals surface area contributed by atoms with Gasteiger partial charge in [-0.05, 0) is 37.3 Å². The zero-order chi connectivity index (χ0) is 21.6. The van der Waals surface area contributed by atoms with Crippen molar-refractivity contribution >= 4 is 69.8 Å². The lowest BCUT2D eigenvalue weighted by Crippen LogP contribution is -2.43. The van der Waals surface area contributed by atoms with Crippen LogP contribution in [-0.2, 0) is 9.59 Å². The fourth-order valence-electron chi connectivity index (χ4n) is 2.35. The molecule has 29 heavy (non-hydrogen) atoms. The Labute approximate surface area is 188 Å². The number of rotatable bonds is 7. The second kappa shape index (κ2) is 10.7. The number of hydrogen-bond donors (Lipinski definition) is 2. The summed E-state index contributed by atoms with van der Waals surface area (Å²) in [6.45, 7) is 1.48. The Balaban J connectivity index is 1.93. The molecule has 0 radical (unpaired) electrons. The number of hydrogen-bond acceptors (Lipinski definition) is 3. The van der Waals surface area contributed by atoms with E-state index in [2.05, 4.69) is 10.6 Å². The lowest BCUT2D eigenvalue weighted by atomic mass is 10.2. The van der Waals surface area contributed by atoms with Crippen LogP contribution in [0.25, 0.3) is 0 Å². The number of para-hydroxylation sites is 1. The second-order valence-corrected chi connectivity index (χ2v) is 7.49. The van der Waals surface area contributed by atoms with E-state index in [0.29, 0.717) is 5.02 Å². The van der Waals surface area contributed by atoms with Crippen LogP contribution in [0, 0.1) is 0 Å². The average molecular weight is 477 g/mol. The Hall–Kier alpha value is -1.99. The molecule has 0 bridgehead atoms. The number of carbonyl (C=O) groups excluding carboxylic acids is 3. The van der Waals surface area contributed by atoms with Crippen LogP contribution >= 0.6 is 46.4 Å². The van der Waals surface area contributed by atoms with Gasteiger partial charge in [0.25, 0.3) is 5.91 Å². The Bertz CT molecular complexity index is 917. The summed E-state index contributed by atoms with van der Waals surface area (Å²) in [6.07, 6.45) is 0. The van der Waals surface area contributed by atoms with E-state index in [0.717, 1.165) is 0 Å². The van der Waals surface area contributed by atoms with Gasteiger partial charge < -0.3 is 15.5 Å². The molecule has 0 atom stereocenters. The van der Waals surface area contributed by atoms with Crippen LogP contribution in [0.1, 0.15) is 17.3 Å². The molecule has 0 heterocycles. The maximum Gasteiger partial charge on any atom is 0.251 e. The highest BCUT2D eigenvalue weighted by Gasteiger charge is 2.18. The summed E-state index contributed by atoms with van der Waals surface area (Å²) in [7, 11) is 0. The van der Waals surface area contributed by atoms with Crippen molar-refractivity contribution in [2.45, 2.75) is 6.92 Å². The number of nitrogens with one attached hydrogen (secondary N) is 2. The molecule has 0 unspecified atom stereocenters. The van der Waals surface area contributed by atoms with E-state index in [4.69, 9.17) is 46.4 Å². The predicted octanol–water partition coefficient (Wildman–Crippen LogP) is 4.52. The molecule has 2 aromatic rings. The molecule has 0 fully saturated rings. The molecule has 154 valence electrons. The predicted molar refractivity (Wildman–Crippen MR) is 116 cm³/mol. The standard InChI is InChI=1S/C19H17Cl4N3O3/c1-2-26(10-16(27)25-18-13(21)4-3-5-14(18)22)17(28)9-24-19(29)11-6-7-12(20)15(23)8-11/h3-8H,2,9-10H2,1H3,(H,24,29)(H,25,27). The minimum Gasteiger partial charge on any atom is -0.343 e. The number of amides is 3. The van der Waals surface area contributed by atoms with Gasteiger partial charge in [0.2, 0.25) is 11.8 Å². The minimum absolute atomic E-state index is 0.223. The Morgan fingerprint density at radius 3 is 2.17 bits per heavy atom. The van der Waals surface area contributed by atoms with Crippen molar-refractivity contribution in [3.63, 3.8) is 0 Å². The van der Waals surface area contributed by atoms with Crippen molar-refractivity contribution in [3.8, 4) is 0 Å². The molecule has 0 spiro atoms. The minimum atomic E-state index is -0.486. The van der Waals surface area contributed by atoms with Crippen molar-refractivity contribution in [2.24, 2.45) is 0 Å². The van der Waals surface area contributed by atoms with Gasteiger partial charge in [-0.3, -0.25) is 14.4 Å². The van der Waals surface area contributed by atoms with E-state index in [1.54, 1.807) is 25.1 Å². The molecule has 10 heteroatoms. The van der Waals surface area contributed by atoms with Gasteiger partial charge in [-0.2, -0.15) is 0 Å². The van der Waals surface area contributed by atoms with Crippen molar-refractivity contribution in [2.75, 3.05) is 25.0 Å². The van der Waals surface area contributed by atoms with Gasteiger partial charge in [0, 0.05) is 12.1 Å². The molecular formula is C19H17Cl4N3O3. The van der Waals surface area contributed by atoms with Crippen molar-refractivity contribution in [1.82, 2.24) is 10.2 Å². The zero-order valence-electron chi connectivity index (χ0n) is 15.3. The van der Waals surface area contributed by atoms with E-state index in [1.165, 1.54) is 23.1 Å². The maximum atomic E-state index is 12.4. The Morgan fingerprint density at radius 2 is 1.59 bits per heavy atom. The molecule has 0 saturated carbocycles. The fourth-order valence-corrected chi connectivity index (χ4v) is 3.14. The fraction of sp³-hybridized carbons (Fsp3) is 0.211. The van der Waals surface area contributed by atoms with Crippen LogP contribution in [0.15, 0.2) is 36.4 Å². The summed E-state index contributed by atoms with van der Waals surface area (Å²) in [4.78, 5) is 38.1. The topological polar surface area (TPSA) is 78.5 Å². The molecule has 0 saturated heterocycles. The second-order valence-electron chi connectivity index (χ2n) is 5.86. The van der Waals surface area contributed by atoms with Gasteiger partial charge in [0.15, 0.2) is 0 Å². The lowest BCUT2D eigenvalue weighted by Gasteiger charge is -2.21. The van der Waals surface area contributed by atoms with Crippen LogP contribution in [-0.4, -0.2) is 42.3 Å². The molecule has 0 aliphatic carbocycles. The maximum absolute atomic E-state index is 12.4. The highest BCUT2D eigenvalue weighted by Crippen LogP contribution is 2.29. The number of carbonyl (C=O) groups is 3. The SMILES string of the molecule is CCN(CC(=O)Nc1c(Cl)cccc1Cl)C(=O)CNC(=O)c1ccc(Cl)c(Cl)c1. The van der Waals surface area contributed by atoms with E-state index < -0.39 is 17.7 Å². The quantitative estimate of drug-likeness (QED) is 0.616. The highest BCUT2D eigenvalue weighted by atomic mass is 35.5. The van der Waals surface area contributed by atoms with E-state index in [-0.39, 0.29) is 46.0 Å². The van der Waals surface area contributed by atoms with E-state index in [9.17, 15) is 14.4 Å². The molecule has 2 aromatic carbocycles. The third-order valence-electron chi connectivity index (χ3n) is 3.88. The largest absolute Gasteiger partial charge is 0.343 e. The van der Waals surface area contributed by atoms with Crippen LogP contribution in [0.2, 0.25) is 20.1 Å². The first-order chi connectivity index (χ1) is 13.7. The van der Waals surface area contributed by atoms with Crippen molar-refractivity contribution in [3.05, 3.63) is 62.1 Å². The molecular weight excluding hydrogens is 460 g/mol. The third-order valence-corrected chi connectivity index (χ3v) is 5.25. The van der Waals surface area contributed by atoms with Gasteiger partial charge in [-0.25, -0.2) is 0 Å². The van der Waals surface area contributed by atoms with Gasteiger partial charge in [0.1, 0.15) is 0 Å². The number of halogens is 4. The van der Waals surface area contributed by atoms with Crippen LogP contribution < -0.4 is 10.6 Å². The van der Waals surface area contributed by atoms with Gasteiger partial charge in [0.05, 0.1) is 38.9 Å². The number of benzene rings is 2. The van der Waals surface area contributed by atoms with Crippen LogP contribution in [0.4, 0.5) is 5.69 Å². The number of anilines is 1. The molecule has 0 aliphatic heterocycles. The van der Waals surface area contributed by atoms with Gasteiger partial charge in [-0.1, -0.05) is 52.5 Å². The van der Waals surface area contributed by atoms with Crippen molar-refractivity contribution < 1.29 is 14.4 Å². The molecule has 3 amide bonds. The monoisotopic (exact) mass is 475 g/mol. The van der Waals surface area contributed by atoms with E-state index >= 15 is 0 Å². The van der Waals surface area contributed by atoms with Crippen molar-refractivity contribution in [1.29, 1.82) is 0 Å². The summed E-state index contributed by atoms with van der Waals surface area (Å²) < 4.78 is 0. The van der Waals surface area contributed by atoms with Crippen LogP contribution in [0.3, 0.4) is 0 Å². The van der Waals surface area contributed by atoms with E-state index in [1.807, 2.05) is 0 Å². The molecule has 0 aliphatic rings. The molecule has 2 N–H and O–H groups in total. The Morgan fingerprint density at radius 1 is 0.931 bits per heavy atom. The Kier molecular flexibility index (Phi) is 8.59. The third kappa shape index (κ3) is 6.51. The normalized spacial score (nSPS) is 10.4. The van der Waals surface area contributed by atoms with Crippen LogP contribution in [0.5, 0.6) is 0 Å². The summed E-state index contributed by atoms with van der Waals surface area (Å²) in [5.74, 6) is -1.38. The summed E-state index contributed by atoms with van der Waals surface area (Å²) >= 11 is 23.8. The molecule has 6 nitrogen and oxygen atoms in total. The van der Waals surface area contributed by atoms with Gasteiger partial charge in [-0.15, -0.1) is 0 Å². The summed E-state index contributed by atoms with van der Waals surface area (Å²) in [5, 5.41) is 6.21.